The molecule has 2 aliphatic rings. The molecule has 3 heteroatoms. The van der Waals surface area contributed by atoms with Crippen molar-refractivity contribution in [1.82, 2.24) is 10.2 Å². The zero-order valence-electron chi connectivity index (χ0n) is 9.09. The monoisotopic (exact) mass is 206 g/mol. The Bertz CT molecular complexity index is 280. The molecule has 1 saturated heterocycles. The summed E-state index contributed by atoms with van der Waals surface area (Å²) >= 11 is 0. The van der Waals surface area contributed by atoms with E-state index in [1.54, 1.807) is 0 Å². The van der Waals surface area contributed by atoms with E-state index in [9.17, 15) is 4.79 Å². The maximum atomic E-state index is 11.2. The Balaban J connectivity index is 1.56. The molecule has 1 saturated carbocycles. The summed E-state index contributed by atoms with van der Waals surface area (Å²) in [6.07, 6.45) is 4.74. The van der Waals surface area contributed by atoms with Crippen LogP contribution in [0.3, 0.4) is 0 Å². The van der Waals surface area contributed by atoms with Crippen LogP contribution in [0.25, 0.3) is 0 Å². The van der Waals surface area contributed by atoms with E-state index in [1.807, 2.05) is 0 Å². The van der Waals surface area contributed by atoms with Crippen LogP contribution < -0.4 is 5.32 Å². The first kappa shape index (κ1) is 10.5. The second kappa shape index (κ2) is 5.18. The van der Waals surface area contributed by atoms with Crippen LogP contribution in [0.5, 0.6) is 0 Å². The van der Waals surface area contributed by atoms with Gasteiger partial charge in [-0.1, -0.05) is 11.8 Å². The molecule has 0 atom stereocenters. The number of likely N-dealkylation sites (tertiary alicyclic amines) is 1. The minimum Gasteiger partial charge on any atom is -0.345 e. The summed E-state index contributed by atoms with van der Waals surface area (Å²) in [6.45, 7) is 3.74. The van der Waals surface area contributed by atoms with E-state index < -0.39 is 0 Å². The number of nitrogens with one attached hydrogen (secondary N) is 1. The van der Waals surface area contributed by atoms with Gasteiger partial charge in [0, 0.05) is 5.92 Å². The summed E-state index contributed by atoms with van der Waals surface area (Å²) in [4.78, 5) is 13.6. The largest absolute Gasteiger partial charge is 0.345 e. The van der Waals surface area contributed by atoms with E-state index in [-0.39, 0.29) is 5.91 Å². The van der Waals surface area contributed by atoms with Crippen molar-refractivity contribution < 1.29 is 4.79 Å². The van der Waals surface area contributed by atoms with Crippen molar-refractivity contribution in [3.05, 3.63) is 0 Å². The fraction of sp³-hybridized carbons (Fsp3) is 0.750. The van der Waals surface area contributed by atoms with Gasteiger partial charge >= 0.3 is 0 Å². The second-order valence-corrected chi connectivity index (χ2v) is 4.33. The highest BCUT2D eigenvalue weighted by molar-refractivity contribution is 5.81. The number of carbonyl (C=O) groups is 1. The Kier molecular flexibility index (Phi) is 3.63. The minimum absolute atomic E-state index is 0.186. The molecule has 1 aliphatic heterocycles. The van der Waals surface area contributed by atoms with Gasteiger partial charge in [0.1, 0.15) is 0 Å². The van der Waals surface area contributed by atoms with Crippen LogP contribution in [-0.2, 0) is 4.79 Å². The lowest BCUT2D eigenvalue weighted by Gasteiger charge is -2.08. The Hall–Kier alpha value is -1.01. The number of amides is 1. The van der Waals surface area contributed by atoms with E-state index >= 15 is 0 Å². The Morgan fingerprint density at radius 3 is 2.67 bits per heavy atom. The van der Waals surface area contributed by atoms with Crippen molar-refractivity contribution in [2.24, 2.45) is 5.92 Å². The van der Waals surface area contributed by atoms with Gasteiger partial charge in [-0.25, -0.2) is 0 Å². The molecule has 15 heavy (non-hydrogen) atoms. The molecule has 0 radical (unpaired) electrons. The van der Waals surface area contributed by atoms with E-state index in [0.717, 1.165) is 19.4 Å². The SMILES string of the molecule is O=C(NCC#CCN1CCCC1)C1CC1. The lowest BCUT2D eigenvalue weighted by molar-refractivity contribution is -0.122. The predicted molar refractivity (Wildman–Crippen MR) is 59.2 cm³/mol. The lowest BCUT2D eigenvalue weighted by Crippen LogP contribution is -2.25. The molecule has 2 rings (SSSR count). The number of rotatable bonds is 3. The summed E-state index contributed by atoms with van der Waals surface area (Å²) in [6, 6.07) is 0. The molecule has 1 aliphatic carbocycles. The zero-order valence-corrected chi connectivity index (χ0v) is 9.09. The normalized spacial score (nSPS) is 20.8. The summed E-state index contributed by atoms with van der Waals surface area (Å²) in [7, 11) is 0. The zero-order chi connectivity index (χ0) is 10.5. The molecule has 0 unspecified atom stereocenters. The van der Waals surface area contributed by atoms with Gasteiger partial charge in [0.25, 0.3) is 0 Å². The predicted octanol–water partition coefficient (Wildman–Crippen LogP) is 0.612. The quantitative estimate of drug-likeness (QED) is 0.686. The van der Waals surface area contributed by atoms with Crippen LogP contribution in [0, 0.1) is 17.8 Å². The molecule has 0 spiro atoms. The molecular formula is C12H18N2O. The van der Waals surface area contributed by atoms with Crippen LogP contribution in [0.4, 0.5) is 0 Å². The molecule has 3 nitrogen and oxygen atoms in total. The van der Waals surface area contributed by atoms with Gasteiger partial charge in [0.15, 0.2) is 0 Å². The van der Waals surface area contributed by atoms with Crippen molar-refractivity contribution in [2.75, 3.05) is 26.2 Å². The third-order valence-corrected chi connectivity index (χ3v) is 2.93. The van der Waals surface area contributed by atoms with Gasteiger partial charge in [0.05, 0.1) is 13.1 Å². The van der Waals surface area contributed by atoms with Crippen molar-refractivity contribution in [3.8, 4) is 11.8 Å². The second-order valence-electron chi connectivity index (χ2n) is 4.33. The molecule has 1 amide bonds. The minimum atomic E-state index is 0.186. The van der Waals surface area contributed by atoms with Gasteiger partial charge in [0.2, 0.25) is 5.91 Å². The molecule has 82 valence electrons. The average Bonchev–Trinajstić information content (AvgIpc) is 2.97. The third kappa shape index (κ3) is 3.56. The Morgan fingerprint density at radius 1 is 1.27 bits per heavy atom. The van der Waals surface area contributed by atoms with Gasteiger partial charge in [-0.2, -0.15) is 0 Å². The topological polar surface area (TPSA) is 32.3 Å². The van der Waals surface area contributed by atoms with E-state index in [2.05, 4.69) is 22.1 Å². The average molecular weight is 206 g/mol. The van der Waals surface area contributed by atoms with Crippen LogP contribution >= 0.6 is 0 Å². The summed E-state index contributed by atoms with van der Waals surface area (Å²) in [5.41, 5.74) is 0. The van der Waals surface area contributed by atoms with E-state index in [0.29, 0.717) is 12.5 Å². The summed E-state index contributed by atoms with van der Waals surface area (Å²) < 4.78 is 0. The Labute approximate surface area is 91.2 Å². The number of carbonyl (C=O) groups excluding carboxylic acids is 1. The van der Waals surface area contributed by atoms with Gasteiger partial charge in [-0.15, -0.1) is 0 Å². The smallest absolute Gasteiger partial charge is 0.223 e. The molecule has 0 aromatic heterocycles. The maximum absolute atomic E-state index is 11.2. The first-order valence-electron chi connectivity index (χ1n) is 5.82. The lowest BCUT2D eigenvalue weighted by atomic mass is 10.4. The van der Waals surface area contributed by atoms with E-state index in [1.165, 1.54) is 25.9 Å². The standard InChI is InChI=1S/C12H18N2O/c15-12(11-5-6-11)13-7-1-2-8-14-9-3-4-10-14/h11H,3-10H2,(H,13,15). The molecule has 0 bridgehead atoms. The Morgan fingerprint density at radius 2 is 2.00 bits per heavy atom. The van der Waals surface area contributed by atoms with E-state index in [4.69, 9.17) is 0 Å². The van der Waals surface area contributed by atoms with Crippen LogP contribution in [0.15, 0.2) is 0 Å². The van der Waals surface area contributed by atoms with Crippen LogP contribution in [0.1, 0.15) is 25.7 Å². The van der Waals surface area contributed by atoms with Crippen molar-refractivity contribution in [2.45, 2.75) is 25.7 Å². The molecule has 2 fully saturated rings. The maximum Gasteiger partial charge on any atom is 0.223 e. The summed E-state index contributed by atoms with van der Waals surface area (Å²) in [5.74, 6) is 6.59. The van der Waals surface area contributed by atoms with Crippen LogP contribution in [-0.4, -0.2) is 37.0 Å². The molecule has 0 aromatic rings. The number of hydrogen-bond donors (Lipinski definition) is 1. The fourth-order valence-electron chi connectivity index (χ4n) is 1.79. The highest BCUT2D eigenvalue weighted by Crippen LogP contribution is 2.28. The van der Waals surface area contributed by atoms with Gasteiger partial charge in [-0.3, -0.25) is 9.69 Å². The molecular weight excluding hydrogens is 188 g/mol. The molecule has 1 heterocycles. The fourth-order valence-corrected chi connectivity index (χ4v) is 1.79. The summed E-state index contributed by atoms with van der Waals surface area (Å²) in [5, 5.41) is 2.84. The van der Waals surface area contributed by atoms with Crippen molar-refractivity contribution in [1.29, 1.82) is 0 Å². The number of nitrogens with zero attached hydrogens (tertiary/aromatic N) is 1. The molecule has 0 aromatic carbocycles. The van der Waals surface area contributed by atoms with Crippen molar-refractivity contribution in [3.63, 3.8) is 0 Å². The number of hydrogen-bond acceptors (Lipinski definition) is 2. The van der Waals surface area contributed by atoms with Gasteiger partial charge < -0.3 is 5.32 Å². The first-order valence-corrected chi connectivity index (χ1v) is 5.82. The van der Waals surface area contributed by atoms with Crippen molar-refractivity contribution >= 4 is 5.91 Å². The highest BCUT2D eigenvalue weighted by Gasteiger charge is 2.28. The van der Waals surface area contributed by atoms with Crippen LogP contribution in [0.2, 0.25) is 0 Å². The molecule has 1 N–H and O–H groups in total. The third-order valence-electron chi connectivity index (χ3n) is 2.93. The first-order chi connectivity index (χ1) is 7.36. The highest BCUT2D eigenvalue weighted by atomic mass is 16.2. The van der Waals surface area contributed by atoms with Gasteiger partial charge in [-0.05, 0) is 38.8 Å².